The van der Waals surface area contributed by atoms with Crippen LogP contribution in [0.25, 0.3) is 10.9 Å². The number of hydrogen-bond acceptors (Lipinski definition) is 1. The zero-order chi connectivity index (χ0) is 12.1. The molecule has 0 fully saturated rings. The van der Waals surface area contributed by atoms with Gasteiger partial charge in [-0.2, -0.15) is 0 Å². The molecule has 0 aliphatic heterocycles. The average molecular weight is 281 g/mol. The van der Waals surface area contributed by atoms with Crippen molar-refractivity contribution in [1.82, 2.24) is 4.57 Å². The van der Waals surface area contributed by atoms with Gasteiger partial charge in [-0.05, 0) is 42.3 Å². The summed E-state index contributed by atoms with van der Waals surface area (Å²) < 4.78 is 3.30. The van der Waals surface area contributed by atoms with Crippen LogP contribution in [0.1, 0.15) is 25.1 Å². The van der Waals surface area contributed by atoms with Gasteiger partial charge in [0, 0.05) is 16.9 Å². The minimum atomic E-state index is -0.348. The summed E-state index contributed by atoms with van der Waals surface area (Å²) in [5.74, 6) is 0. The first-order chi connectivity index (χ1) is 7.34. The van der Waals surface area contributed by atoms with Gasteiger partial charge in [-0.1, -0.05) is 18.2 Å². The summed E-state index contributed by atoms with van der Waals surface area (Å²) in [4.78, 5) is 0. The van der Waals surface area contributed by atoms with Crippen LogP contribution in [0.5, 0.6) is 0 Å². The average Bonchev–Trinajstić information content (AvgIpc) is 2.39. The van der Waals surface area contributed by atoms with E-state index < -0.39 is 0 Å². The first-order valence-corrected chi connectivity index (χ1v) is 6.16. The fourth-order valence-electron chi connectivity index (χ4n) is 2.38. The molecule has 0 radical (unpaired) electrons. The van der Waals surface area contributed by atoms with Crippen molar-refractivity contribution in [3.63, 3.8) is 0 Å². The second kappa shape index (κ2) is 3.60. The molecule has 1 aromatic heterocycles. The molecule has 0 aliphatic rings. The van der Waals surface area contributed by atoms with E-state index in [4.69, 9.17) is 5.73 Å². The maximum Gasteiger partial charge on any atom is 0.0523 e. The van der Waals surface area contributed by atoms with E-state index in [0.29, 0.717) is 0 Å². The third-order valence-corrected chi connectivity index (χ3v) is 3.77. The molecule has 0 bridgehead atoms. The largest absolute Gasteiger partial charge is 0.345 e. The molecule has 0 saturated heterocycles. The zero-order valence-corrected chi connectivity index (χ0v) is 11.7. The highest BCUT2D eigenvalue weighted by Gasteiger charge is 2.24. The van der Waals surface area contributed by atoms with Crippen LogP contribution in [0.15, 0.2) is 22.7 Å². The molecular weight excluding hydrogens is 264 g/mol. The fourth-order valence-corrected chi connectivity index (χ4v) is 3.48. The maximum absolute atomic E-state index is 6.22. The summed E-state index contributed by atoms with van der Waals surface area (Å²) >= 11 is 3.67. The Morgan fingerprint density at radius 1 is 1.31 bits per heavy atom. The Bertz CT molecular complexity index is 547. The van der Waals surface area contributed by atoms with Gasteiger partial charge in [0.2, 0.25) is 0 Å². The number of hydrogen-bond donors (Lipinski definition) is 1. The third kappa shape index (κ3) is 1.59. The summed E-state index contributed by atoms with van der Waals surface area (Å²) in [5.41, 5.74) is 9.54. The molecule has 0 spiro atoms. The topological polar surface area (TPSA) is 30.9 Å². The molecule has 1 aromatic carbocycles. The van der Waals surface area contributed by atoms with Crippen LogP contribution in [-0.4, -0.2) is 4.57 Å². The van der Waals surface area contributed by atoms with Gasteiger partial charge in [0.05, 0.1) is 16.7 Å². The lowest BCUT2D eigenvalue weighted by atomic mass is 10.0. The first kappa shape index (κ1) is 11.7. The molecule has 0 atom stereocenters. The monoisotopic (exact) mass is 280 g/mol. The molecule has 0 amide bonds. The zero-order valence-electron chi connectivity index (χ0n) is 10.1. The van der Waals surface area contributed by atoms with Crippen molar-refractivity contribution in [2.24, 2.45) is 12.8 Å². The highest BCUT2D eigenvalue weighted by atomic mass is 79.9. The lowest BCUT2D eigenvalue weighted by Crippen LogP contribution is -2.31. The van der Waals surface area contributed by atoms with Crippen molar-refractivity contribution in [3.8, 4) is 0 Å². The van der Waals surface area contributed by atoms with E-state index in [0.717, 1.165) is 10.2 Å². The second-order valence-electron chi connectivity index (χ2n) is 4.91. The van der Waals surface area contributed by atoms with Crippen LogP contribution >= 0.6 is 15.9 Å². The van der Waals surface area contributed by atoms with Gasteiger partial charge in [-0.15, -0.1) is 0 Å². The van der Waals surface area contributed by atoms with E-state index in [2.05, 4.69) is 52.7 Å². The molecule has 3 heteroatoms. The third-order valence-electron chi connectivity index (χ3n) is 2.96. The molecule has 0 unspecified atom stereocenters. The summed E-state index contributed by atoms with van der Waals surface area (Å²) in [7, 11) is 2.07. The van der Waals surface area contributed by atoms with Crippen molar-refractivity contribution in [2.75, 3.05) is 0 Å². The first-order valence-electron chi connectivity index (χ1n) is 5.37. The number of rotatable bonds is 1. The number of nitrogens with zero attached hydrogens (tertiary/aromatic N) is 1. The highest BCUT2D eigenvalue weighted by molar-refractivity contribution is 9.10. The Balaban J connectivity index is 2.94. The summed E-state index contributed by atoms with van der Waals surface area (Å²) in [6, 6.07) is 6.33. The van der Waals surface area contributed by atoms with E-state index in [1.807, 2.05) is 13.8 Å². The highest BCUT2D eigenvalue weighted by Crippen LogP contribution is 2.36. The van der Waals surface area contributed by atoms with Crippen molar-refractivity contribution in [3.05, 3.63) is 33.9 Å². The Morgan fingerprint density at radius 2 is 1.94 bits per heavy atom. The minimum absolute atomic E-state index is 0.348. The van der Waals surface area contributed by atoms with Crippen LogP contribution in [0.4, 0.5) is 0 Å². The Morgan fingerprint density at radius 3 is 2.44 bits per heavy atom. The van der Waals surface area contributed by atoms with Crippen molar-refractivity contribution < 1.29 is 0 Å². The summed E-state index contributed by atoms with van der Waals surface area (Å²) in [6.07, 6.45) is 0. The van der Waals surface area contributed by atoms with Gasteiger partial charge >= 0.3 is 0 Å². The van der Waals surface area contributed by atoms with Crippen LogP contribution in [0.3, 0.4) is 0 Å². The molecule has 0 saturated carbocycles. The van der Waals surface area contributed by atoms with Gasteiger partial charge in [0.25, 0.3) is 0 Å². The number of fused-ring (bicyclic) bond motifs is 1. The van der Waals surface area contributed by atoms with Gasteiger partial charge in [-0.3, -0.25) is 0 Å². The Hall–Kier alpha value is -0.800. The smallest absolute Gasteiger partial charge is 0.0523 e. The van der Waals surface area contributed by atoms with Crippen LogP contribution < -0.4 is 5.73 Å². The van der Waals surface area contributed by atoms with E-state index in [9.17, 15) is 0 Å². The molecule has 2 rings (SSSR count). The molecule has 1 heterocycles. The van der Waals surface area contributed by atoms with Gasteiger partial charge < -0.3 is 10.3 Å². The van der Waals surface area contributed by atoms with Gasteiger partial charge in [0.15, 0.2) is 0 Å². The van der Waals surface area contributed by atoms with Gasteiger partial charge in [0.1, 0.15) is 0 Å². The summed E-state index contributed by atoms with van der Waals surface area (Å²) in [5, 5.41) is 1.23. The molecule has 2 nitrogen and oxygen atoms in total. The Kier molecular flexibility index (Phi) is 2.63. The molecule has 2 aromatic rings. The Labute approximate surface area is 105 Å². The molecule has 2 N–H and O–H groups in total. The molecule has 16 heavy (non-hydrogen) atoms. The second-order valence-corrected chi connectivity index (χ2v) is 5.71. The molecule has 0 aliphatic carbocycles. The quantitative estimate of drug-likeness (QED) is 0.852. The molecule has 86 valence electrons. The number of halogens is 1. The number of benzene rings is 1. The summed E-state index contributed by atoms with van der Waals surface area (Å²) in [6.45, 7) is 6.19. The normalized spacial score (nSPS) is 12.4. The van der Waals surface area contributed by atoms with E-state index in [-0.39, 0.29) is 5.54 Å². The van der Waals surface area contributed by atoms with Gasteiger partial charge in [-0.25, -0.2) is 0 Å². The predicted octanol–water partition coefficient (Wildman–Crippen LogP) is 3.44. The van der Waals surface area contributed by atoms with Crippen LogP contribution in [0.2, 0.25) is 0 Å². The SMILES string of the molecule is Cc1cccc2c(Br)c(C(C)(C)N)n(C)c12. The lowest BCUT2D eigenvalue weighted by molar-refractivity contribution is 0.513. The number of nitrogens with two attached hydrogens (primary N) is 1. The standard InChI is InChI=1S/C13H17BrN2/c1-8-6-5-7-9-10(14)12(13(2,3)15)16(4)11(8)9/h5-7H,15H2,1-4H3. The van der Waals surface area contributed by atoms with Crippen molar-refractivity contribution in [1.29, 1.82) is 0 Å². The van der Waals surface area contributed by atoms with E-state index in [1.165, 1.54) is 16.5 Å². The number of para-hydroxylation sites is 1. The number of aryl methyl sites for hydroxylation is 2. The van der Waals surface area contributed by atoms with Crippen molar-refractivity contribution in [2.45, 2.75) is 26.3 Å². The van der Waals surface area contributed by atoms with Crippen LogP contribution in [0, 0.1) is 6.92 Å². The minimum Gasteiger partial charge on any atom is -0.345 e. The van der Waals surface area contributed by atoms with E-state index >= 15 is 0 Å². The van der Waals surface area contributed by atoms with Crippen molar-refractivity contribution >= 4 is 26.8 Å². The van der Waals surface area contributed by atoms with E-state index in [1.54, 1.807) is 0 Å². The number of aromatic nitrogens is 1. The van der Waals surface area contributed by atoms with Crippen LogP contribution in [-0.2, 0) is 12.6 Å². The molecular formula is C13H17BrN2. The lowest BCUT2D eigenvalue weighted by Gasteiger charge is -2.21. The maximum atomic E-state index is 6.22. The predicted molar refractivity (Wildman–Crippen MR) is 72.6 cm³/mol. The fraction of sp³-hybridized carbons (Fsp3) is 0.385.